The Morgan fingerprint density at radius 3 is 2.52 bits per heavy atom. The number of carboxylic acids is 1. The van der Waals surface area contributed by atoms with Crippen LogP contribution in [0.5, 0.6) is 5.75 Å². The standard InChI is InChI=1S/C19H14F3N3O8/c20-19(21,22)33-9-3-1-2-8(6-9)14-12-13(15(23-14)18(28)29)17(27)24(16(12)26)7-10-4-5-11(32-10)25(30)31/h1-6,12-15,23H,7H2,(H,28,29). The van der Waals surface area contributed by atoms with E-state index >= 15 is 0 Å². The van der Waals surface area contributed by atoms with Gasteiger partial charge in [0.1, 0.15) is 22.5 Å². The number of carbonyl (C=O) groups is 3. The van der Waals surface area contributed by atoms with Gasteiger partial charge in [-0.3, -0.25) is 34.7 Å². The third-order valence-electron chi connectivity index (χ3n) is 5.42. The minimum absolute atomic E-state index is 0.0691. The molecule has 4 unspecified atom stereocenters. The molecule has 2 aliphatic heterocycles. The van der Waals surface area contributed by atoms with Gasteiger partial charge in [0.05, 0.1) is 24.4 Å². The predicted molar refractivity (Wildman–Crippen MR) is 98.3 cm³/mol. The fourth-order valence-electron chi connectivity index (χ4n) is 4.17. The molecule has 4 atom stereocenters. The highest BCUT2D eigenvalue weighted by molar-refractivity contribution is 6.08. The van der Waals surface area contributed by atoms with Crippen molar-refractivity contribution in [3.63, 3.8) is 0 Å². The molecular weight excluding hydrogens is 455 g/mol. The van der Waals surface area contributed by atoms with E-state index < -0.39 is 71.2 Å². The van der Waals surface area contributed by atoms with Gasteiger partial charge in [-0.2, -0.15) is 0 Å². The lowest BCUT2D eigenvalue weighted by Crippen LogP contribution is -2.42. The third-order valence-corrected chi connectivity index (χ3v) is 5.42. The molecule has 14 heteroatoms. The average molecular weight is 469 g/mol. The Hall–Kier alpha value is -3.94. The van der Waals surface area contributed by atoms with Gasteiger partial charge in [-0.05, 0) is 23.8 Å². The van der Waals surface area contributed by atoms with Crippen LogP contribution in [0.15, 0.2) is 40.8 Å². The predicted octanol–water partition coefficient (Wildman–Crippen LogP) is 1.99. The summed E-state index contributed by atoms with van der Waals surface area (Å²) in [4.78, 5) is 48.5. The number of hydrogen-bond donors (Lipinski definition) is 2. The first-order valence-electron chi connectivity index (χ1n) is 9.39. The van der Waals surface area contributed by atoms with Crippen LogP contribution in [0, 0.1) is 22.0 Å². The van der Waals surface area contributed by atoms with Crippen molar-refractivity contribution in [2.75, 3.05) is 0 Å². The van der Waals surface area contributed by atoms with Crippen molar-refractivity contribution in [3.8, 4) is 5.75 Å². The summed E-state index contributed by atoms with van der Waals surface area (Å²) in [6, 6.07) is 4.31. The molecule has 0 aliphatic carbocycles. The highest BCUT2D eigenvalue weighted by Crippen LogP contribution is 2.45. The number of amides is 2. The molecule has 33 heavy (non-hydrogen) atoms. The first-order valence-corrected chi connectivity index (χ1v) is 9.39. The Morgan fingerprint density at radius 2 is 1.91 bits per heavy atom. The zero-order chi connectivity index (χ0) is 24.1. The first-order chi connectivity index (χ1) is 15.5. The second-order valence-electron chi connectivity index (χ2n) is 7.39. The van der Waals surface area contributed by atoms with E-state index in [1.807, 2.05) is 0 Å². The lowest BCUT2D eigenvalue weighted by Gasteiger charge is -2.21. The fourth-order valence-corrected chi connectivity index (χ4v) is 4.17. The number of likely N-dealkylation sites (tertiary alicyclic amines) is 1. The summed E-state index contributed by atoms with van der Waals surface area (Å²) in [5, 5.41) is 23.0. The van der Waals surface area contributed by atoms with E-state index in [9.17, 15) is 42.8 Å². The van der Waals surface area contributed by atoms with Gasteiger partial charge in [0, 0.05) is 6.04 Å². The van der Waals surface area contributed by atoms with Crippen LogP contribution in [0.25, 0.3) is 0 Å². The molecule has 2 aromatic rings. The van der Waals surface area contributed by atoms with Crippen molar-refractivity contribution in [2.24, 2.45) is 11.8 Å². The van der Waals surface area contributed by atoms with Crippen LogP contribution in [0.1, 0.15) is 17.4 Å². The number of halogens is 3. The molecule has 1 aromatic heterocycles. The van der Waals surface area contributed by atoms with Crippen LogP contribution in [0.3, 0.4) is 0 Å². The SMILES string of the molecule is O=C(O)C1NC(c2cccc(OC(F)(F)F)c2)C2C(=O)N(Cc3ccc([N+](=O)[O-])o3)C(=O)C12. The highest BCUT2D eigenvalue weighted by Gasteiger charge is 2.61. The zero-order valence-corrected chi connectivity index (χ0v) is 16.3. The molecule has 0 radical (unpaired) electrons. The van der Waals surface area contributed by atoms with Crippen LogP contribution in [-0.2, 0) is 20.9 Å². The minimum Gasteiger partial charge on any atom is -0.480 e. The number of nitrogens with zero attached hydrogens (tertiary/aromatic N) is 2. The fraction of sp³-hybridized carbons (Fsp3) is 0.316. The number of nitro groups is 1. The van der Waals surface area contributed by atoms with E-state index in [1.165, 1.54) is 18.2 Å². The van der Waals surface area contributed by atoms with Gasteiger partial charge in [0.2, 0.25) is 11.8 Å². The summed E-state index contributed by atoms with van der Waals surface area (Å²) < 4.78 is 46.6. The molecule has 3 heterocycles. The van der Waals surface area contributed by atoms with Gasteiger partial charge in [-0.25, -0.2) is 0 Å². The number of benzene rings is 1. The lowest BCUT2D eigenvalue weighted by atomic mass is 9.86. The van der Waals surface area contributed by atoms with Crippen LogP contribution in [-0.4, -0.2) is 45.1 Å². The second-order valence-corrected chi connectivity index (χ2v) is 7.39. The van der Waals surface area contributed by atoms with Crippen molar-refractivity contribution >= 4 is 23.7 Å². The van der Waals surface area contributed by atoms with E-state index in [4.69, 9.17) is 4.42 Å². The van der Waals surface area contributed by atoms with E-state index in [-0.39, 0.29) is 11.3 Å². The summed E-state index contributed by atoms with van der Waals surface area (Å²) in [5.41, 5.74) is 0.118. The number of rotatable bonds is 6. The van der Waals surface area contributed by atoms with Gasteiger partial charge >= 0.3 is 18.2 Å². The Morgan fingerprint density at radius 1 is 1.21 bits per heavy atom. The molecule has 0 spiro atoms. The lowest BCUT2D eigenvalue weighted by molar-refractivity contribution is -0.402. The van der Waals surface area contributed by atoms with E-state index in [0.717, 1.165) is 23.1 Å². The van der Waals surface area contributed by atoms with Gasteiger partial charge in [0.15, 0.2) is 0 Å². The molecule has 0 bridgehead atoms. The quantitative estimate of drug-likeness (QED) is 0.367. The number of aliphatic carboxylic acids is 1. The monoisotopic (exact) mass is 469 g/mol. The van der Waals surface area contributed by atoms with Gasteiger partial charge in [-0.1, -0.05) is 12.1 Å². The highest BCUT2D eigenvalue weighted by atomic mass is 19.4. The molecule has 2 amide bonds. The minimum atomic E-state index is -4.96. The number of ether oxygens (including phenoxy) is 1. The number of imide groups is 1. The van der Waals surface area contributed by atoms with Gasteiger partial charge in [-0.15, -0.1) is 13.2 Å². The zero-order valence-electron chi connectivity index (χ0n) is 16.3. The summed E-state index contributed by atoms with van der Waals surface area (Å²) in [6.45, 7) is -0.464. The number of furan rings is 1. The van der Waals surface area contributed by atoms with E-state index in [1.54, 1.807) is 0 Å². The Labute approximate surface area is 181 Å². The maximum absolute atomic E-state index is 13.1. The van der Waals surface area contributed by atoms with Crippen LogP contribution in [0.2, 0.25) is 0 Å². The largest absolute Gasteiger partial charge is 0.573 e. The molecule has 2 fully saturated rings. The van der Waals surface area contributed by atoms with Crippen molar-refractivity contribution in [1.29, 1.82) is 0 Å². The van der Waals surface area contributed by atoms with Gasteiger partial charge in [0.25, 0.3) is 0 Å². The third kappa shape index (κ3) is 4.11. The van der Waals surface area contributed by atoms with Crippen molar-refractivity contribution < 1.29 is 46.7 Å². The van der Waals surface area contributed by atoms with Crippen LogP contribution >= 0.6 is 0 Å². The molecule has 0 saturated carbocycles. The van der Waals surface area contributed by atoms with Crippen LogP contribution in [0.4, 0.5) is 19.1 Å². The summed E-state index contributed by atoms with van der Waals surface area (Å²) >= 11 is 0. The van der Waals surface area contributed by atoms with Gasteiger partial charge < -0.3 is 14.3 Å². The maximum atomic E-state index is 13.1. The van der Waals surface area contributed by atoms with Crippen molar-refractivity contribution in [2.45, 2.75) is 25.0 Å². The molecule has 4 rings (SSSR count). The molecule has 2 saturated heterocycles. The number of fused-ring (bicyclic) bond motifs is 1. The Balaban J connectivity index is 1.65. The Kier molecular flexibility index (Phi) is 5.32. The van der Waals surface area contributed by atoms with E-state index in [0.29, 0.717) is 0 Å². The topological polar surface area (TPSA) is 152 Å². The van der Waals surface area contributed by atoms with Crippen molar-refractivity contribution in [1.82, 2.24) is 10.2 Å². The Bertz CT molecular complexity index is 1150. The number of hydrogen-bond acceptors (Lipinski definition) is 8. The second kappa shape index (κ2) is 7.88. The van der Waals surface area contributed by atoms with Crippen molar-refractivity contribution in [3.05, 3.63) is 57.8 Å². The molecule has 2 N–H and O–H groups in total. The summed E-state index contributed by atoms with van der Waals surface area (Å²) in [6.07, 6.45) is -4.96. The summed E-state index contributed by atoms with van der Waals surface area (Å²) in [7, 11) is 0. The first kappa shape index (κ1) is 22.3. The summed E-state index contributed by atoms with van der Waals surface area (Å²) in [5.74, 6) is -6.86. The number of carboxylic acid groups (broad SMARTS) is 1. The van der Waals surface area contributed by atoms with E-state index in [2.05, 4.69) is 10.1 Å². The molecule has 1 aromatic carbocycles. The smallest absolute Gasteiger partial charge is 0.480 e. The number of carbonyl (C=O) groups excluding carboxylic acids is 2. The molecule has 174 valence electrons. The average Bonchev–Trinajstić information content (AvgIpc) is 3.40. The normalized spacial score (nSPS) is 24.8. The molecule has 2 aliphatic rings. The number of alkyl halides is 3. The molecule has 11 nitrogen and oxygen atoms in total. The van der Waals surface area contributed by atoms with Crippen LogP contribution < -0.4 is 10.1 Å². The maximum Gasteiger partial charge on any atom is 0.573 e. The molecular formula is C19H14F3N3O8. The number of nitrogens with one attached hydrogen (secondary N) is 1.